The molecule has 2 aromatic carbocycles. The van der Waals surface area contributed by atoms with Crippen LogP contribution in [0.2, 0.25) is 5.02 Å². The molecule has 0 radical (unpaired) electrons. The number of allylic oxidation sites excluding steroid dienone is 3. The number of fused-ring (bicyclic) bond motifs is 1. The molecule has 0 saturated carbocycles. The van der Waals surface area contributed by atoms with Crippen LogP contribution in [0, 0.1) is 6.92 Å². The number of amides is 2. The maximum Gasteiger partial charge on any atom is 0.321 e. The number of rotatable bonds is 5. The van der Waals surface area contributed by atoms with Crippen molar-refractivity contribution in [3.8, 4) is 0 Å². The molecule has 8 heteroatoms. The third-order valence-corrected chi connectivity index (χ3v) is 7.47. The van der Waals surface area contributed by atoms with Crippen molar-refractivity contribution in [3.63, 3.8) is 0 Å². The van der Waals surface area contributed by atoms with E-state index in [0.29, 0.717) is 24.7 Å². The van der Waals surface area contributed by atoms with Gasteiger partial charge in [-0.25, -0.2) is 9.78 Å². The first-order valence-corrected chi connectivity index (χ1v) is 13.3. The monoisotopic (exact) mass is 528 g/mol. The van der Waals surface area contributed by atoms with Crippen LogP contribution in [-0.4, -0.2) is 57.8 Å². The lowest BCUT2D eigenvalue weighted by Crippen LogP contribution is -2.51. The fraction of sp³-hybridized carbons (Fsp3) is 0.300. The van der Waals surface area contributed by atoms with E-state index in [4.69, 9.17) is 16.6 Å². The molecular formula is C30H33ClN6O. The molecule has 2 heterocycles. The molecule has 3 aromatic rings. The number of halogens is 1. The lowest BCUT2D eigenvalue weighted by atomic mass is 9.93. The summed E-state index contributed by atoms with van der Waals surface area (Å²) in [7, 11) is 0. The van der Waals surface area contributed by atoms with Crippen molar-refractivity contribution in [1.29, 1.82) is 0 Å². The average molecular weight is 529 g/mol. The standard InChI is InChI=1S/C30H33ClN6O/c1-4-32-28-21(2)18-23(20-37-13-12-33-22(37)3)27-19-24(31)10-11-26(27)29(28)35-14-16-36(17-15-35)30(38)34-25-8-6-5-7-9-25/h4-13,18-19,29H,14-17,20H2,1-3H3,(H,34,38). The highest BCUT2D eigenvalue weighted by Crippen LogP contribution is 2.41. The summed E-state index contributed by atoms with van der Waals surface area (Å²) in [4.78, 5) is 26.5. The predicted molar refractivity (Wildman–Crippen MR) is 155 cm³/mol. The summed E-state index contributed by atoms with van der Waals surface area (Å²) in [6.45, 7) is 9.54. The van der Waals surface area contributed by atoms with E-state index >= 15 is 0 Å². The molecule has 1 fully saturated rings. The molecule has 1 aromatic heterocycles. The number of benzene rings is 2. The number of nitrogens with zero attached hydrogens (tertiary/aromatic N) is 5. The largest absolute Gasteiger partial charge is 0.331 e. The minimum Gasteiger partial charge on any atom is -0.331 e. The third kappa shape index (κ3) is 5.44. The zero-order valence-corrected chi connectivity index (χ0v) is 22.8. The highest BCUT2D eigenvalue weighted by molar-refractivity contribution is 6.30. The second-order valence-electron chi connectivity index (χ2n) is 9.68. The van der Waals surface area contributed by atoms with Gasteiger partial charge >= 0.3 is 6.03 Å². The van der Waals surface area contributed by atoms with E-state index in [1.165, 1.54) is 11.1 Å². The molecule has 1 N–H and O–H groups in total. The highest BCUT2D eigenvalue weighted by Gasteiger charge is 2.33. The summed E-state index contributed by atoms with van der Waals surface area (Å²) in [5.74, 6) is 0.966. The highest BCUT2D eigenvalue weighted by atomic mass is 35.5. The zero-order chi connectivity index (χ0) is 26.6. The third-order valence-electron chi connectivity index (χ3n) is 7.23. The van der Waals surface area contributed by atoms with Crippen LogP contribution in [0.1, 0.15) is 36.8 Å². The molecule has 2 amide bonds. The molecule has 0 spiro atoms. The van der Waals surface area contributed by atoms with Crippen molar-refractivity contribution in [2.24, 2.45) is 4.99 Å². The molecule has 1 saturated heterocycles. The van der Waals surface area contributed by atoms with Crippen molar-refractivity contribution < 1.29 is 4.79 Å². The molecule has 1 atom stereocenters. The van der Waals surface area contributed by atoms with E-state index < -0.39 is 0 Å². The Hall–Kier alpha value is -3.68. The lowest BCUT2D eigenvalue weighted by Gasteiger charge is -2.40. The number of carbonyl (C=O) groups is 1. The quantitative estimate of drug-likeness (QED) is 0.401. The maximum absolute atomic E-state index is 12.9. The first-order valence-electron chi connectivity index (χ1n) is 13.0. The van der Waals surface area contributed by atoms with E-state index in [0.717, 1.165) is 41.4 Å². The Bertz CT molecular complexity index is 1400. The Morgan fingerprint density at radius 3 is 2.58 bits per heavy atom. The molecule has 5 rings (SSSR count). The number of aryl methyl sites for hydroxylation is 1. The van der Waals surface area contributed by atoms with Gasteiger partial charge in [-0.3, -0.25) is 9.89 Å². The first kappa shape index (κ1) is 25.9. The van der Waals surface area contributed by atoms with Crippen molar-refractivity contribution >= 4 is 35.1 Å². The maximum atomic E-state index is 12.9. The Morgan fingerprint density at radius 1 is 1.13 bits per heavy atom. The minimum atomic E-state index is -0.0675. The fourth-order valence-corrected chi connectivity index (χ4v) is 5.47. The number of hydrogen-bond donors (Lipinski definition) is 1. The van der Waals surface area contributed by atoms with Gasteiger partial charge in [0.2, 0.25) is 0 Å². The predicted octanol–water partition coefficient (Wildman–Crippen LogP) is 6.20. The minimum absolute atomic E-state index is 0.0459. The number of para-hydroxylation sites is 1. The summed E-state index contributed by atoms with van der Waals surface area (Å²) >= 11 is 6.54. The number of urea groups is 1. The van der Waals surface area contributed by atoms with Crippen LogP contribution in [0.5, 0.6) is 0 Å². The molecule has 1 aliphatic heterocycles. The number of imidazole rings is 1. The SMILES string of the molecule is CC=NC1=C(C)C=C(Cn2ccnc2C)c2cc(Cl)ccc2C1N1CCN(C(=O)Nc2ccccc2)CC1. The van der Waals surface area contributed by atoms with Crippen molar-refractivity contribution in [2.45, 2.75) is 33.4 Å². The molecule has 0 bridgehead atoms. The number of nitrogens with one attached hydrogen (secondary N) is 1. The number of hydrogen-bond acceptors (Lipinski definition) is 4. The normalized spacial score (nSPS) is 18.4. The van der Waals surface area contributed by atoms with Gasteiger partial charge in [0.25, 0.3) is 0 Å². The topological polar surface area (TPSA) is 65.8 Å². The van der Waals surface area contributed by atoms with E-state index in [-0.39, 0.29) is 12.1 Å². The lowest BCUT2D eigenvalue weighted by molar-refractivity contribution is 0.124. The van der Waals surface area contributed by atoms with Gasteiger partial charge in [0.15, 0.2) is 0 Å². The Morgan fingerprint density at radius 2 is 1.89 bits per heavy atom. The van der Waals surface area contributed by atoms with E-state index in [2.05, 4.69) is 44.9 Å². The van der Waals surface area contributed by atoms with Crippen LogP contribution in [0.3, 0.4) is 0 Å². The molecule has 2 aliphatic rings. The first-order chi connectivity index (χ1) is 18.4. The molecule has 1 unspecified atom stereocenters. The van der Waals surface area contributed by atoms with Crippen LogP contribution < -0.4 is 5.32 Å². The van der Waals surface area contributed by atoms with Gasteiger partial charge in [-0.1, -0.05) is 41.9 Å². The van der Waals surface area contributed by atoms with Crippen LogP contribution in [0.15, 0.2) is 83.3 Å². The fourth-order valence-electron chi connectivity index (χ4n) is 5.29. The zero-order valence-electron chi connectivity index (χ0n) is 22.1. The van der Waals surface area contributed by atoms with Gasteiger partial charge < -0.3 is 14.8 Å². The molecule has 1 aliphatic carbocycles. The number of carbonyl (C=O) groups excluding carboxylic acids is 1. The van der Waals surface area contributed by atoms with Crippen LogP contribution in [0.25, 0.3) is 5.57 Å². The van der Waals surface area contributed by atoms with Crippen LogP contribution in [-0.2, 0) is 6.54 Å². The van der Waals surface area contributed by atoms with Crippen LogP contribution in [0.4, 0.5) is 10.5 Å². The van der Waals surface area contributed by atoms with Gasteiger partial charge in [-0.2, -0.15) is 0 Å². The molecular weight excluding hydrogens is 496 g/mol. The van der Waals surface area contributed by atoms with E-state index in [1.807, 2.05) is 73.8 Å². The molecule has 7 nitrogen and oxygen atoms in total. The van der Waals surface area contributed by atoms with E-state index in [9.17, 15) is 4.79 Å². The second-order valence-corrected chi connectivity index (χ2v) is 10.1. The van der Waals surface area contributed by atoms with Gasteiger partial charge in [0.05, 0.1) is 11.7 Å². The summed E-state index contributed by atoms with van der Waals surface area (Å²) in [6, 6.07) is 15.6. The average Bonchev–Trinajstić information content (AvgIpc) is 3.29. The number of piperazine rings is 1. The Labute approximate surface area is 229 Å². The summed E-state index contributed by atoms with van der Waals surface area (Å²) < 4.78 is 2.15. The molecule has 38 heavy (non-hydrogen) atoms. The summed E-state index contributed by atoms with van der Waals surface area (Å²) in [5, 5.41) is 3.72. The Kier molecular flexibility index (Phi) is 7.77. The van der Waals surface area contributed by atoms with Crippen molar-refractivity contribution in [2.75, 3.05) is 31.5 Å². The smallest absolute Gasteiger partial charge is 0.321 e. The second kappa shape index (κ2) is 11.4. The number of anilines is 1. The van der Waals surface area contributed by atoms with Crippen molar-refractivity contribution in [1.82, 2.24) is 19.4 Å². The van der Waals surface area contributed by atoms with Gasteiger partial charge in [0.1, 0.15) is 5.82 Å². The number of aromatic nitrogens is 2. The summed E-state index contributed by atoms with van der Waals surface area (Å²) in [6.07, 6.45) is 7.94. The van der Waals surface area contributed by atoms with Gasteiger partial charge in [0, 0.05) is 62.0 Å². The number of aliphatic imine (C=N–C) groups is 1. The molecule has 196 valence electrons. The van der Waals surface area contributed by atoms with Crippen molar-refractivity contribution in [3.05, 3.63) is 100 Å². The Balaban J connectivity index is 1.44. The van der Waals surface area contributed by atoms with Crippen LogP contribution >= 0.6 is 11.6 Å². The van der Waals surface area contributed by atoms with Gasteiger partial charge in [-0.05, 0) is 67.3 Å². The van der Waals surface area contributed by atoms with E-state index in [1.54, 1.807) is 0 Å². The summed E-state index contributed by atoms with van der Waals surface area (Å²) in [5.41, 5.74) is 6.43. The van der Waals surface area contributed by atoms with Gasteiger partial charge in [-0.15, -0.1) is 0 Å².